The summed E-state index contributed by atoms with van der Waals surface area (Å²) in [7, 11) is 2.11. The van der Waals surface area contributed by atoms with Gasteiger partial charge in [0.2, 0.25) is 5.91 Å². The number of nitrogens with zero attached hydrogens (tertiary/aromatic N) is 3. The highest BCUT2D eigenvalue weighted by Gasteiger charge is 2.47. The van der Waals surface area contributed by atoms with E-state index in [0.29, 0.717) is 5.41 Å². The van der Waals surface area contributed by atoms with Crippen LogP contribution in [0.1, 0.15) is 43.5 Å². The Morgan fingerprint density at radius 2 is 2.04 bits per heavy atom. The van der Waals surface area contributed by atoms with E-state index in [-0.39, 0.29) is 17.4 Å². The molecule has 1 saturated carbocycles. The maximum absolute atomic E-state index is 12.9. The van der Waals surface area contributed by atoms with Crippen LogP contribution in [0.4, 0.5) is 0 Å². The number of carbonyl (C=O) groups is 1. The summed E-state index contributed by atoms with van der Waals surface area (Å²) in [4.78, 5) is 15.2. The van der Waals surface area contributed by atoms with E-state index >= 15 is 0 Å². The van der Waals surface area contributed by atoms with Gasteiger partial charge in [0.1, 0.15) is 0 Å². The van der Waals surface area contributed by atoms with Crippen molar-refractivity contribution in [1.29, 1.82) is 0 Å². The van der Waals surface area contributed by atoms with Crippen LogP contribution in [0.5, 0.6) is 0 Å². The number of rotatable bonds is 5. The van der Waals surface area contributed by atoms with Crippen LogP contribution in [0, 0.1) is 24.7 Å². The van der Waals surface area contributed by atoms with Crippen molar-refractivity contribution >= 4 is 5.91 Å². The standard InChI is InChI=1S/C20H33N5O/c1-15-10-16(2)25(23-15)14-20(4-5-20)12-22-18(26)17-11-19(13-24(17)3)6-8-21-9-7-19/h10,17,21H,4-9,11-14H2,1-3H3,(H,22,26). The molecule has 144 valence electrons. The van der Waals surface area contributed by atoms with Gasteiger partial charge in [0.15, 0.2) is 0 Å². The monoisotopic (exact) mass is 359 g/mol. The highest BCUT2D eigenvalue weighted by molar-refractivity contribution is 5.82. The Morgan fingerprint density at radius 3 is 2.65 bits per heavy atom. The zero-order valence-electron chi connectivity index (χ0n) is 16.5. The summed E-state index contributed by atoms with van der Waals surface area (Å²) in [6.07, 6.45) is 5.77. The maximum Gasteiger partial charge on any atom is 0.237 e. The minimum absolute atomic E-state index is 0.0394. The van der Waals surface area contributed by atoms with E-state index in [1.54, 1.807) is 0 Å². The summed E-state index contributed by atoms with van der Waals surface area (Å²) in [5, 5.41) is 11.3. The number of hydrogen-bond acceptors (Lipinski definition) is 4. The van der Waals surface area contributed by atoms with E-state index in [1.165, 1.54) is 31.4 Å². The number of likely N-dealkylation sites (N-methyl/N-ethyl adjacent to an activating group) is 1. The lowest BCUT2D eigenvalue weighted by Gasteiger charge is -2.33. The Morgan fingerprint density at radius 1 is 1.31 bits per heavy atom. The Bertz CT molecular complexity index is 672. The van der Waals surface area contributed by atoms with Crippen LogP contribution in [-0.4, -0.2) is 59.9 Å². The number of amides is 1. The minimum atomic E-state index is 0.0394. The fraction of sp³-hybridized carbons (Fsp3) is 0.800. The summed E-state index contributed by atoms with van der Waals surface area (Å²) in [6, 6.07) is 2.17. The topological polar surface area (TPSA) is 62.2 Å². The van der Waals surface area contributed by atoms with Gasteiger partial charge in [-0.15, -0.1) is 0 Å². The smallest absolute Gasteiger partial charge is 0.237 e. The molecule has 3 fully saturated rings. The zero-order chi connectivity index (χ0) is 18.4. The van der Waals surface area contributed by atoms with E-state index in [1.807, 2.05) is 6.92 Å². The molecule has 1 aromatic heterocycles. The predicted molar refractivity (Wildman–Crippen MR) is 102 cm³/mol. The van der Waals surface area contributed by atoms with Crippen molar-refractivity contribution in [2.45, 2.75) is 58.5 Å². The average Bonchev–Trinajstić information content (AvgIpc) is 3.20. The van der Waals surface area contributed by atoms with Crippen LogP contribution in [0.25, 0.3) is 0 Å². The molecule has 6 nitrogen and oxygen atoms in total. The summed E-state index contributed by atoms with van der Waals surface area (Å²) < 4.78 is 2.11. The number of nitrogens with one attached hydrogen (secondary N) is 2. The van der Waals surface area contributed by atoms with Crippen LogP contribution in [0.15, 0.2) is 6.07 Å². The van der Waals surface area contributed by atoms with E-state index < -0.39 is 0 Å². The van der Waals surface area contributed by atoms with E-state index in [4.69, 9.17) is 0 Å². The van der Waals surface area contributed by atoms with Gasteiger partial charge >= 0.3 is 0 Å². The minimum Gasteiger partial charge on any atom is -0.354 e. The summed E-state index contributed by atoms with van der Waals surface area (Å²) in [5.74, 6) is 0.225. The van der Waals surface area contributed by atoms with Gasteiger partial charge < -0.3 is 10.6 Å². The van der Waals surface area contributed by atoms with Gasteiger partial charge in [0, 0.05) is 30.7 Å². The molecule has 0 radical (unpaired) electrons. The van der Waals surface area contributed by atoms with Gasteiger partial charge in [0.05, 0.1) is 11.7 Å². The highest BCUT2D eigenvalue weighted by atomic mass is 16.2. The molecule has 1 atom stereocenters. The molecule has 0 aromatic carbocycles. The Kier molecular flexibility index (Phi) is 4.59. The van der Waals surface area contributed by atoms with Crippen molar-refractivity contribution in [3.8, 4) is 0 Å². The van der Waals surface area contributed by atoms with Crippen LogP contribution < -0.4 is 10.6 Å². The molecule has 1 spiro atoms. The first-order valence-electron chi connectivity index (χ1n) is 10.1. The quantitative estimate of drug-likeness (QED) is 0.836. The summed E-state index contributed by atoms with van der Waals surface area (Å²) in [6.45, 7) is 9.09. The van der Waals surface area contributed by atoms with Crippen molar-refractivity contribution in [2.75, 3.05) is 33.2 Å². The molecule has 6 heteroatoms. The van der Waals surface area contributed by atoms with Crippen molar-refractivity contribution in [3.05, 3.63) is 17.5 Å². The average molecular weight is 360 g/mol. The molecule has 2 aliphatic heterocycles. The Balaban J connectivity index is 1.33. The first-order valence-corrected chi connectivity index (χ1v) is 10.1. The third-order valence-electron chi connectivity index (χ3n) is 6.89. The fourth-order valence-corrected chi connectivity index (χ4v) is 4.99. The lowest BCUT2D eigenvalue weighted by Crippen LogP contribution is -2.44. The van der Waals surface area contributed by atoms with Crippen molar-refractivity contribution in [1.82, 2.24) is 25.3 Å². The lowest BCUT2D eigenvalue weighted by atomic mass is 9.77. The molecule has 4 rings (SSSR count). The molecule has 26 heavy (non-hydrogen) atoms. The molecular formula is C20H33N5O. The van der Waals surface area contributed by atoms with Crippen molar-refractivity contribution in [2.24, 2.45) is 10.8 Å². The molecule has 1 amide bonds. The number of aryl methyl sites for hydroxylation is 2. The molecule has 1 aliphatic carbocycles. The van der Waals surface area contributed by atoms with Crippen LogP contribution in [0.3, 0.4) is 0 Å². The van der Waals surface area contributed by atoms with Crippen molar-refractivity contribution in [3.63, 3.8) is 0 Å². The fourth-order valence-electron chi connectivity index (χ4n) is 4.99. The second kappa shape index (κ2) is 6.64. The van der Waals surface area contributed by atoms with Gasteiger partial charge in [-0.1, -0.05) is 0 Å². The van der Waals surface area contributed by atoms with Gasteiger partial charge in [-0.25, -0.2) is 0 Å². The number of piperidine rings is 1. The maximum atomic E-state index is 12.9. The molecule has 2 saturated heterocycles. The van der Waals surface area contributed by atoms with Gasteiger partial charge in [-0.3, -0.25) is 14.4 Å². The third-order valence-corrected chi connectivity index (χ3v) is 6.89. The van der Waals surface area contributed by atoms with Crippen LogP contribution >= 0.6 is 0 Å². The van der Waals surface area contributed by atoms with E-state index in [9.17, 15) is 4.79 Å². The number of hydrogen-bond donors (Lipinski definition) is 2. The van der Waals surface area contributed by atoms with Crippen molar-refractivity contribution < 1.29 is 4.79 Å². The number of likely N-dealkylation sites (tertiary alicyclic amines) is 1. The lowest BCUT2D eigenvalue weighted by molar-refractivity contribution is -0.125. The molecule has 1 aromatic rings. The first kappa shape index (κ1) is 18.0. The molecule has 1 unspecified atom stereocenters. The van der Waals surface area contributed by atoms with Gasteiger partial charge in [-0.2, -0.15) is 5.10 Å². The summed E-state index contributed by atoms with van der Waals surface area (Å²) >= 11 is 0. The highest BCUT2D eigenvalue weighted by Crippen LogP contribution is 2.47. The van der Waals surface area contributed by atoms with E-state index in [2.05, 4.69) is 45.4 Å². The SMILES string of the molecule is Cc1cc(C)n(CC2(CNC(=O)C3CC4(CCNCC4)CN3C)CC2)n1. The zero-order valence-corrected chi connectivity index (χ0v) is 16.5. The van der Waals surface area contributed by atoms with Crippen LogP contribution in [0.2, 0.25) is 0 Å². The second-order valence-electron chi connectivity index (χ2n) is 9.19. The molecular weight excluding hydrogens is 326 g/mol. The third kappa shape index (κ3) is 3.54. The van der Waals surface area contributed by atoms with Crippen LogP contribution in [-0.2, 0) is 11.3 Å². The Labute approximate surface area is 156 Å². The molecule has 3 aliphatic rings. The van der Waals surface area contributed by atoms with E-state index in [0.717, 1.165) is 44.8 Å². The van der Waals surface area contributed by atoms with Gasteiger partial charge in [-0.05, 0) is 77.6 Å². The number of carbonyl (C=O) groups excluding carboxylic acids is 1. The molecule has 2 N–H and O–H groups in total. The largest absolute Gasteiger partial charge is 0.354 e. The normalized spacial score (nSPS) is 27.0. The number of aromatic nitrogens is 2. The first-order chi connectivity index (χ1) is 12.4. The molecule has 0 bridgehead atoms. The second-order valence-corrected chi connectivity index (χ2v) is 9.19. The predicted octanol–water partition coefficient (Wildman–Crippen LogP) is 1.47. The summed E-state index contributed by atoms with van der Waals surface area (Å²) in [5.41, 5.74) is 2.84. The molecule has 3 heterocycles. The Hall–Kier alpha value is -1.40. The van der Waals surface area contributed by atoms with Gasteiger partial charge in [0.25, 0.3) is 0 Å².